The molecule has 3 N–H and O–H groups in total. The van der Waals surface area contributed by atoms with E-state index < -0.39 is 17.5 Å². The molecule has 1 heterocycles. The molecule has 1 aromatic rings. The van der Waals surface area contributed by atoms with E-state index in [9.17, 15) is 14.7 Å². The maximum absolute atomic E-state index is 12.1. The van der Waals surface area contributed by atoms with Gasteiger partial charge in [0.05, 0.1) is 6.04 Å². The van der Waals surface area contributed by atoms with Gasteiger partial charge in [-0.2, -0.15) is 0 Å². The number of carboxylic acids is 1. The van der Waals surface area contributed by atoms with Gasteiger partial charge in [-0.15, -0.1) is 11.3 Å². The molecule has 0 aromatic carbocycles. The first-order chi connectivity index (χ1) is 9.49. The van der Waals surface area contributed by atoms with Gasteiger partial charge >= 0.3 is 12.0 Å². The van der Waals surface area contributed by atoms with Crippen LogP contribution >= 0.6 is 11.3 Å². The maximum atomic E-state index is 12.1. The van der Waals surface area contributed by atoms with Crippen molar-refractivity contribution in [3.8, 4) is 0 Å². The fourth-order valence-electron chi connectivity index (χ4n) is 2.06. The predicted molar refractivity (Wildman–Crippen MR) is 80.0 cm³/mol. The first-order valence-electron chi connectivity index (χ1n) is 6.84. The van der Waals surface area contributed by atoms with Crippen LogP contribution in [0.2, 0.25) is 0 Å². The third-order valence-corrected chi connectivity index (χ3v) is 4.56. The van der Waals surface area contributed by atoms with Gasteiger partial charge in [-0.3, -0.25) is 0 Å². The molecule has 5 nitrogen and oxygen atoms in total. The number of thiophene rings is 1. The van der Waals surface area contributed by atoms with Gasteiger partial charge in [0.25, 0.3) is 0 Å². The van der Waals surface area contributed by atoms with E-state index in [1.807, 2.05) is 24.4 Å². The molecule has 6 heteroatoms. The average Bonchev–Trinajstić information content (AvgIpc) is 2.95. The van der Waals surface area contributed by atoms with Crippen molar-refractivity contribution < 1.29 is 14.7 Å². The van der Waals surface area contributed by atoms with Gasteiger partial charge in [-0.1, -0.05) is 26.8 Å². The Hall–Kier alpha value is -1.56. The van der Waals surface area contributed by atoms with Crippen LogP contribution < -0.4 is 10.6 Å². The van der Waals surface area contributed by atoms with Gasteiger partial charge in [0.1, 0.15) is 5.54 Å². The minimum absolute atomic E-state index is 0.0878. The van der Waals surface area contributed by atoms with Crippen LogP contribution in [0.4, 0.5) is 4.79 Å². The average molecular weight is 298 g/mol. The van der Waals surface area contributed by atoms with E-state index in [0.717, 1.165) is 11.3 Å². The largest absolute Gasteiger partial charge is 0.480 e. The van der Waals surface area contributed by atoms with Crippen molar-refractivity contribution in [1.82, 2.24) is 10.6 Å². The van der Waals surface area contributed by atoms with E-state index in [1.54, 1.807) is 25.2 Å². The van der Waals surface area contributed by atoms with Crippen LogP contribution in [0.5, 0.6) is 0 Å². The molecule has 2 amide bonds. The van der Waals surface area contributed by atoms with Crippen molar-refractivity contribution in [3.05, 3.63) is 22.4 Å². The maximum Gasteiger partial charge on any atom is 0.329 e. The third kappa shape index (κ3) is 3.72. The van der Waals surface area contributed by atoms with E-state index in [1.165, 1.54) is 0 Å². The molecular weight excluding hydrogens is 276 g/mol. The number of amides is 2. The summed E-state index contributed by atoms with van der Waals surface area (Å²) in [4.78, 5) is 24.5. The molecule has 0 saturated heterocycles. The summed E-state index contributed by atoms with van der Waals surface area (Å²) in [5.74, 6) is -0.998. The van der Waals surface area contributed by atoms with E-state index in [0.29, 0.717) is 12.8 Å². The molecular formula is C14H22N2O3S. The molecule has 0 radical (unpaired) electrons. The smallest absolute Gasteiger partial charge is 0.329 e. The number of urea groups is 1. The number of carbonyl (C=O) groups excluding carboxylic acids is 1. The second-order valence-electron chi connectivity index (χ2n) is 4.67. The molecule has 1 aromatic heterocycles. The van der Waals surface area contributed by atoms with Crippen LogP contribution in [0.15, 0.2) is 17.5 Å². The highest BCUT2D eigenvalue weighted by atomic mass is 32.1. The summed E-state index contributed by atoms with van der Waals surface area (Å²) in [7, 11) is 0. The Labute approximate surface area is 123 Å². The number of carboxylic acid groups (broad SMARTS) is 1. The molecule has 0 aliphatic rings. The van der Waals surface area contributed by atoms with Crippen molar-refractivity contribution in [2.75, 3.05) is 0 Å². The molecule has 0 fully saturated rings. The van der Waals surface area contributed by atoms with Crippen LogP contribution in [0.25, 0.3) is 0 Å². The second kappa shape index (κ2) is 7.28. The lowest BCUT2D eigenvalue weighted by Gasteiger charge is -2.29. The van der Waals surface area contributed by atoms with E-state index >= 15 is 0 Å². The minimum Gasteiger partial charge on any atom is -0.480 e. The quantitative estimate of drug-likeness (QED) is 0.723. The highest BCUT2D eigenvalue weighted by Gasteiger charge is 2.36. The van der Waals surface area contributed by atoms with Gasteiger partial charge in [0.2, 0.25) is 0 Å². The number of carbonyl (C=O) groups is 2. The summed E-state index contributed by atoms with van der Waals surface area (Å²) in [6.07, 6.45) is 1.45. The van der Waals surface area contributed by atoms with E-state index in [2.05, 4.69) is 10.6 Å². The van der Waals surface area contributed by atoms with Crippen LogP contribution in [0, 0.1) is 0 Å². The van der Waals surface area contributed by atoms with Gasteiger partial charge in [-0.25, -0.2) is 9.59 Å². The number of rotatable bonds is 7. The molecule has 0 aliphatic carbocycles. The normalized spacial score (nSPS) is 12.8. The lowest BCUT2D eigenvalue weighted by molar-refractivity contribution is -0.144. The number of hydrogen-bond acceptors (Lipinski definition) is 3. The number of nitrogens with one attached hydrogen (secondary N) is 2. The van der Waals surface area contributed by atoms with Crippen LogP contribution in [-0.4, -0.2) is 22.6 Å². The fraction of sp³-hybridized carbons (Fsp3) is 0.571. The van der Waals surface area contributed by atoms with Crippen molar-refractivity contribution in [2.45, 2.75) is 51.6 Å². The van der Waals surface area contributed by atoms with Gasteiger partial charge in [0, 0.05) is 4.88 Å². The summed E-state index contributed by atoms with van der Waals surface area (Å²) in [5.41, 5.74) is -1.20. The van der Waals surface area contributed by atoms with Crippen molar-refractivity contribution in [1.29, 1.82) is 0 Å². The number of hydrogen-bond donors (Lipinski definition) is 3. The Kier molecular flexibility index (Phi) is 6.01. The Morgan fingerprint density at radius 3 is 2.40 bits per heavy atom. The summed E-state index contributed by atoms with van der Waals surface area (Å²) >= 11 is 1.57. The summed E-state index contributed by atoms with van der Waals surface area (Å²) in [5, 5.41) is 16.7. The topological polar surface area (TPSA) is 78.4 Å². The molecule has 0 saturated carbocycles. The number of aliphatic carboxylic acids is 1. The lowest BCUT2D eigenvalue weighted by atomic mass is 9.93. The first-order valence-corrected chi connectivity index (χ1v) is 7.72. The van der Waals surface area contributed by atoms with Gasteiger partial charge < -0.3 is 15.7 Å². The van der Waals surface area contributed by atoms with Crippen molar-refractivity contribution in [3.63, 3.8) is 0 Å². The minimum atomic E-state index is -1.20. The Balaban J connectivity index is 2.73. The van der Waals surface area contributed by atoms with E-state index in [-0.39, 0.29) is 6.04 Å². The lowest BCUT2D eigenvalue weighted by Crippen LogP contribution is -2.56. The molecule has 112 valence electrons. The highest BCUT2D eigenvalue weighted by molar-refractivity contribution is 7.10. The third-order valence-electron chi connectivity index (χ3n) is 3.57. The zero-order valence-electron chi connectivity index (χ0n) is 12.1. The second-order valence-corrected chi connectivity index (χ2v) is 5.65. The van der Waals surface area contributed by atoms with E-state index in [4.69, 9.17) is 0 Å². The zero-order valence-corrected chi connectivity index (χ0v) is 12.9. The standard InChI is InChI=1S/C14H22N2O3S/c1-4-10(11-8-7-9-20-11)15-13(19)16-14(5-2,6-3)12(17)18/h7-10H,4-6H2,1-3H3,(H,17,18)(H2,15,16,19). The summed E-state index contributed by atoms with van der Waals surface area (Å²) in [6, 6.07) is 3.37. The molecule has 0 spiro atoms. The predicted octanol–water partition coefficient (Wildman–Crippen LogP) is 3.14. The monoisotopic (exact) mass is 298 g/mol. The first kappa shape index (κ1) is 16.5. The molecule has 20 heavy (non-hydrogen) atoms. The van der Waals surface area contributed by atoms with Gasteiger partial charge in [0.15, 0.2) is 0 Å². The highest BCUT2D eigenvalue weighted by Crippen LogP contribution is 2.22. The zero-order chi connectivity index (χ0) is 15.2. The van der Waals surface area contributed by atoms with Crippen LogP contribution in [0.1, 0.15) is 51.0 Å². The Morgan fingerprint density at radius 1 is 1.35 bits per heavy atom. The van der Waals surface area contributed by atoms with Crippen LogP contribution in [-0.2, 0) is 4.79 Å². The fourth-order valence-corrected chi connectivity index (χ4v) is 2.92. The molecule has 1 atom stereocenters. The molecule has 1 rings (SSSR count). The van der Waals surface area contributed by atoms with Crippen molar-refractivity contribution >= 4 is 23.3 Å². The van der Waals surface area contributed by atoms with Crippen LogP contribution in [0.3, 0.4) is 0 Å². The SMILES string of the molecule is CCC(NC(=O)NC(CC)(CC)C(=O)O)c1cccs1. The molecule has 0 bridgehead atoms. The Bertz CT molecular complexity index is 441. The Morgan fingerprint density at radius 2 is 2.00 bits per heavy atom. The molecule has 0 aliphatic heterocycles. The summed E-state index contributed by atoms with van der Waals surface area (Å²) < 4.78 is 0. The summed E-state index contributed by atoms with van der Waals surface area (Å²) in [6.45, 7) is 5.50. The van der Waals surface area contributed by atoms with Gasteiger partial charge in [-0.05, 0) is 30.7 Å². The molecule has 1 unspecified atom stereocenters. The van der Waals surface area contributed by atoms with Crippen molar-refractivity contribution in [2.24, 2.45) is 0 Å².